The lowest BCUT2D eigenvalue weighted by Crippen LogP contribution is -2.41. The molecule has 0 radical (unpaired) electrons. The first-order valence-electron chi connectivity index (χ1n) is 6.29. The Bertz CT molecular complexity index is 466. The van der Waals surface area contributed by atoms with Crippen LogP contribution in [0.4, 0.5) is 0 Å². The standard InChI is InChI=1S/C10H20N2O4S2/c13-17(14)5-2-10(3-6-17)18(15,16)12-8-9-1-4-11-7-9/h9-12H,1-8H2. The third-order valence-electron chi connectivity index (χ3n) is 3.68. The lowest BCUT2D eigenvalue weighted by atomic mass is 10.1. The summed E-state index contributed by atoms with van der Waals surface area (Å²) in [4.78, 5) is 0. The molecular formula is C10H20N2O4S2. The summed E-state index contributed by atoms with van der Waals surface area (Å²) in [5, 5.41) is 2.64. The van der Waals surface area contributed by atoms with E-state index in [0.717, 1.165) is 19.5 Å². The van der Waals surface area contributed by atoms with E-state index in [9.17, 15) is 16.8 Å². The lowest BCUT2D eigenvalue weighted by Gasteiger charge is -2.23. The zero-order valence-electron chi connectivity index (χ0n) is 10.3. The highest BCUT2D eigenvalue weighted by atomic mass is 32.2. The fourth-order valence-electron chi connectivity index (χ4n) is 2.42. The second-order valence-corrected chi connectivity index (χ2v) is 9.45. The van der Waals surface area contributed by atoms with E-state index in [1.165, 1.54) is 0 Å². The molecule has 18 heavy (non-hydrogen) atoms. The molecule has 0 aliphatic carbocycles. The second kappa shape index (κ2) is 5.44. The number of sulfonamides is 1. The molecule has 1 atom stereocenters. The Hall–Kier alpha value is -0.180. The average Bonchev–Trinajstić information content (AvgIpc) is 2.79. The van der Waals surface area contributed by atoms with E-state index in [0.29, 0.717) is 12.5 Å². The van der Waals surface area contributed by atoms with E-state index in [-0.39, 0.29) is 24.3 Å². The average molecular weight is 296 g/mol. The van der Waals surface area contributed by atoms with Crippen molar-refractivity contribution in [1.82, 2.24) is 10.0 Å². The molecule has 2 aliphatic heterocycles. The van der Waals surface area contributed by atoms with Gasteiger partial charge in [-0.3, -0.25) is 0 Å². The maximum atomic E-state index is 12.0. The van der Waals surface area contributed by atoms with Crippen molar-refractivity contribution in [1.29, 1.82) is 0 Å². The molecule has 0 aromatic carbocycles. The van der Waals surface area contributed by atoms with Gasteiger partial charge < -0.3 is 5.32 Å². The smallest absolute Gasteiger partial charge is 0.214 e. The van der Waals surface area contributed by atoms with Gasteiger partial charge in [0.05, 0.1) is 16.8 Å². The van der Waals surface area contributed by atoms with E-state index >= 15 is 0 Å². The molecule has 2 heterocycles. The normalized spacial score (nSPS) is 29.4. The zero-order valence-corrected chi connectivity index (χ0v) is 11.9. The van der Waals surface area contributed by atoms with Gasteiger partial charge >= 0.3 is 0 Å². The predicted octanol–water partition coefficient (Wildman–Crippen LogP) is -0.907. The molecule has 0 aromatic heterocycles. The quantitative estimate of drug-likeness (QED) is 0.701. The minimum atomic E-state index is -3.36. The van der Waals surface area contributed by atoms with Crippen LogP contribution in [0.1, 0.15) is 19.3 Å². The predicted molar refractivity (Wildman–Crippen MR) is 69.6 cm³/mol. The molecule has 2 N–H and O–H groups in total. The van der Waals surface area contributed by atoms with Gasteiger partial charge in [-0.2, -0.15) is 0 Å². The summed E-state index contributed by atoms with van der Waals surface area (Å²) in [7, 11) is -6.37. The van der Waals surface area contributed by atoms with E-state index in [1.807, 2.05) is 0 Å². The van der Waals surface area contributed by atoms with Crippen molar-refractivity contribution < 1.29 is 16.8 Å². The van der Waals surface area contributed by atoms with Crippen LogP contribution in [0.3, 0.4) is 0 Å². The Morgan fingerprint density at radius 2 is 1.83 bits per heavy atom. The van der Waals surface area contributed by atoms with Crippen LogP contribution in [0.15, 0.2) is 0 Å². The molecule has 1 unspecified atom stereocenters. The van der Waals surface area contributed by atoms with Crippen molar-refractivity contribution in [2.24, 2.45) is 5.92 Å². The Morgan fingerprint density at radius 1 is 1.17 bits per heavy atom. The highest BCUT2D eigenvalue weighted by molar-refractivity contribution is 7.92. The van der Waals surface area contributed by atoms with Crippen molar-refractivity contribution in [2.75, 3.05) is 31.1 Å². The Morgan fingerprint density at radius 3 is 2.39 bits per heavy atom. The van der Waals surface area contributed by atoms with Crippen molar-refractivity contribution >= 4 is 19.9 Å². The molecule has 0 saturated carbocycles. The lowest BCUT2D eigenvalue weighted by molar-refractivity contribution is 0.519. The molecule has 2 fully saturated rings. The Labute approximate surface area is 108 Å². The van der Waals surface area contributed by atoms with Gasteiger partial charge in [0, 0.05) is 6.54 Å². The molecule has 2 aliphatic rings. The van der Waals surface area contributed by atoms with Gasteiger partial charge in [0.2, 0.25) is 10.0 Å². The monoisotopic (exact) mass is 296 g/mol. The number of hydrogen-bond acceptors (Lipinski definition) is 5. The fourth-order valence-corrected chi connectivity index (χ4v) is 5.77. The van der Waals surface area contributed by atoms with Crippen LogP contribution in [0.25, 0.3) is 0 Å². The first-order valence-corrected chi connectivity index (χ1v) is 9.65. The third kappa shape index (κ3) is 3.66. The highest BCUT2D eigenvalue weighted by Crippen LogP contribution is 2.19. The minimum absolute atomic E-state index is 0.0104. The van der Waals surface area contributed by atoms with Crippen LogP contribution in [-0.4, -0.2) is 53.2 Å². The number of nitrogens with one attached hydrogen (secondary N) is 2. The van der Waals surface area contributed by atoms with E-state index in [1.54, 1.807) is 0 Å². The van der Waals surface area contributed by atoms with Crippen molar-refractivity contribution in [3.05, 3.63) is 0 Å². The Balaban J connectivity index is 1.86. The van der Waals surface area contributed by atoms with Crippen LogP contribution in [0.5, 0.6) is 0 Å². The first-order chi connectivity index (χ1) is 8.39. The SMILES string of the molecule is O=S1(=O)CCC(S(=O)(=O)NCC2CCNC2)CC1. The molecule has 106 valence electrons. The molecule has 2 rings (SSSR count). The summed E-state index contributed by atoms with van der Waals surface area (Å²) < 4.78 is 49.2. The molecule has 2 saturated heterocycles. The van der Waals surface area contributed by atoms with Crippen LogP contribution in [0.2, 0.25) is 0 Å². The van der Waals surface area contributed by atoms with Crippen LogP contribution < -0.4 is 10.0 Å². The van der Waals surface area contributed by atoms with E-state index in [2.05, 4.69) is 10.0 Å². The first kappa shape index (κ1) is 14.2. The van der Waals surface area contributed by atoms with Crippen LogP contribution in [-0.2, 0) is 19.9 Å². The van der Waals surface area contributed by atoms with Crippen LogP contribution in [0, 0.1) is 5.92 Å². The summed E-state index contributed by atoms with van der Waals surface area (Å²) in [6.07, 6.45) is 1.43. The van der Waals surface area contributed by atoms with Crippen LogP contribution >= 0.6 is 0 Å². The van der Waals surface area contributed by atoms with Gasteiger partial charge in [0.15, 0.2) is 0 Å². The largest absolute Gasteiger partial charge is 0.316 e. The number of rotatable bonds is 4. The molecular weight excluding hydrogens is 276 g/mol. The number of sulfone groups is 1. The summed E-state index contributed by atoms with van der Waals surface area (Å²) >= 11 is 0. The zero-order chi connectivity index (χ0) is 13.2. The molecule has 0 aromatic rings. The van der Waals surface area contributed by atoms with Gasteiger partial charge in [-0.1, -0.05) is 0 Å². The van der Waals surface area contributed by atoms with Gasteiger partial charge in [-0.15, -0.1) is 0 Å². The molecule has 6 nitrogen and oxygen atoms in total. The fraction of sp³-hybridized carbons (Fsp3) is 1.00. The maximum absolute atomic E-state index is 12.0. The third-order valence-corrected chi connectivity index (χ3v) is 7.31. The Kier molecular flexibility index (Phi) is 4.30. The van der Waals surface area contributed by atoms with Crippen molar-refractivity contribution in [2.45, 2.75) is 24.5 Å². The van der Waals surface area contributed by atoms with Crippen molar-refractivity contribution in [3.63, 3.8) is 0 Å². The summed E-state index contributed by atoms with van der Waals surface area (Å²) in [5.74, 6) is 0.333. The molecule has 0 amide bonds. The summed E-state index contributed by atoms with van der Waals surface area (Å²) in [6, 6.07) is 0. The minimum Gasteiger partial charge on any atom is -0.316 e. The van der Waals surface area contributed by atoms with Gasteiger partial charge in [-0.25, -0.2) is 21.6 Å². The maximum Gasteiger partial charge on any atom is 0.214 e. The second-order valence-electron chi connectivity index (χ2n) is 5.10. The number of hydrogen-bond donors (Lipinski definition) is 2. The molecule has 8 heteroatoms. The van der Waals surface area contributed by atoms with Gasteiger partial charge in [0.1, 0.15) is 9.84 Å². The summed E-state index contributed by atoms with van der Waals surface area (Å²) in [6.45, 7) is 2.24. The van der Waals surface area contributed by atoms with Gasteiger partial charge in [0.25, 0.3) is 0 Å². The van der Waals surface area contributed by atoms with E-state index in [4.69, 9.17) is 0 Å². The molecule has 0 spiro atoms. The summed E-state index contributed by atoms with van der Waals surface area (Å²) in [5.41, 5.74) is 0. The van der Waals surface area contributed by atoms with E-state index < -0.39 is 25.1 Å². The molecule has 0 bridgehead atoms. The van der Waals surface area contributed by atoms with Crippen molar-refractivity contribution in [3.8, 4) is 0 Å². The topological polar surface area (TPSA) is 92.3 Å². The van der Waals surface area contributed by atoms with Gasteiger partial charge in [-0.05, 0) is 38.3 Å². The highest BCUT2D eigenvalue weighted by Gasteiger charge is 2.33.